The van der Waals surface area contributed by atoms with Crippen LogP contribution in [0.1, 0.15) is 57.8 Å². The van der Waals surface area contributed by atoms with Gasteiger partial charge >= 0.3 is 0 Å². The molecule has 1 heterocycles. The first-order chi connectivity index (χ1) is 13.2. The summed E-state index contributed by atoms with van der Waals surface area (Å²) in [5.74, 6) is 1.03. The Morgan fingerprint density at radius 2 is 1.82 bits per heavy atom. The number of halogens is 1. The number of carbonyl (C=O) groups excluding carboxylic acids is 1. The highest BCUT2D eigenvalue weighted by Gasteiger charge is 2.22. The maximum Gasteiger partial charge on any atom is 0.221 e. The van der Waals surface area contributed by atoms with Gasteiger partial charge < -0.3 is 25.0 Å². The average Bonchev–Trinajstić information content (AvgIpc) is 2.70. The summed E-state index contributed by atoms with van der Waals surface area (Å²) in [6.07, 6.45) is 9.83. The van der Waals surface area contributed by atoms with Crippen LogP contribution in [-0.4, -0.2) is 75.9 Å². The molecule has 164 valence electrons. The highest BCUT2D eigenvalue weighted by molar-refractivity contribution is 14.0. The Hall–Kier alpha value is -0.610. The van der Waals surface area contributed by atoms with Crippen LogP contribution in [0.2, 0.25) is 0 Å². The molecule has 0 aromatic carbocycles. The fourth-order valence-electron chi connectivity index (χ4n) is 3.85. The summed E-state index contributed by atoms with van der Waals surface area (Å²) in [4.78, 5) is 18.8. The molecule has 0 bridgehead atoms. The Morgan fingerprint density at radius 3 is 2.46 bits per heavy atom. The normalized spacial score (nSPS) is 19.2. The van der Waals surface area contributed by atoms with E-state index >= 15 is 0 Å². The van der Waals surface area contributed by atoms with Crippen LogP contribution in [0, 0.1) is 0 Å². The van der Waals surface area contributed by atoms with Crippen molar-refractivity contribution in [2.24, 2.45) is 4.99 Å². The molecule has 28 heavy (non-hydrogen) atoms. The van der Waals surface area contributed by atoms with Gasteiger partial charge in [0.25, 0.3) is 0 Å². The number of methoxy groups -OCH3 is 1. The van der Waals surface area contributed by atoms with Gasteiger partial charge in [0.2, 0.25) is 5.91 Å². The van der Waals surface area contributed by atoms with E-state index in [1.807, 2.05) is 0 Å². The number of hydrogen-bond acceptors (Lipinski definition) is 4. The first kappa shape index (κ1) is 25.4. The van der Waals surface area contributed by atoms with Gasteiger partial charge in [-0.1, -0.05) is 19.3 Å². The van der Waals surface area contributed by atoms with Crippen LogP contribution < -0.4 is 10.6 Å². The molecule has 1 saturated heterocycles. The molecule has 7 nitrogen and oxygen atoms in total. The summed E-state index contributed by atoms with van der Waals surface area (Å²) in [5, 5.41) is 6.51. The van der Waals surface area contributed by atoms with E-state index in [2.05, 4.69) is 20.5 Å². The second-order valence-electron chi connectivity index (χ2n) is 7.53. The van der Waals surface area contributed by atoms with Crippen LogP contribution in [0.5, 0.6) is 0 Å². The molecule has 0 unspecified atom stereocenters. The summed E-state index contributed by atoms with van der Waals surface area (Å²) in [5.41, 5.74) is 0. The molecule has 0 spiro atoms. The molecule has 1 saturated carbocycles. The molecule has 1 aliphatic carbocycles. The maximum absolute atomic E-state index is 12.1. The van der Waals surface area contributed by atoms with Crippen molar-refractivity contribution in [3.8, 4) is 0 Å². The lowest BCUT2D eigenvalue weighted by atomic mass is 9.95. The lowest BCUT2D eigenvalue weighted by Crippen LogP contribution is -2.48. The molecule has 1 amide bonds. The second-order valence-corrected chi connectivity index (χ2v) is 7.53. The first-order valence-electron chi connectivity index (χ1n) is 10.6. The van der Waals surface area contributed by atoms with E-state index in [1.165, 1.54) is 19.3 Å². The van der Waals surface area contributed by atoms with Gasteiger partial charge in [0.1, 0.15) is 0 Å². The number of likely N-dealkylation sites (tertiary alicyclic amines) is 1. The SMILES string of the molecule is CN=C(NCCC(=O)NC1CCCCC1)N1CCC(OCCCOC)CC1.I. The number of ether oxygens (including phenoxy) is 2. The molecule has 2 N–H and O–H groups in total. The van der Waals surface area contributed by atoms with E-state index in [4.69, 9.17) is 9.47 Å². The maximum atomic E-state index is 12.1. The quantitative estimate of drug-likeness (QED) is 0.216. The largest absolute Gasteiger partial charge is 0.385 e. The average molecular weight is 510 g/mol. The van der Waals surface area contributed by atoms with Crippen molar-refractivity contribution in [3.05, 3.63) is 0 Å². The minimum Gasteiger partial charge on any atom is -0.385 e. The molecule has 0 aromatic heterocycles. The molecule has 8 heteroatoms. The number of hydrogen-bond donors (Lipinski definition) is 2. The van der Waals surface area contributed by atoms with E-state index in [-0.39, 0.29) is 29.9 Å². The molecule has 0 atom stereocenters. The number of nitrogens with one attached hydrogen (secondary N) is 2. The van der Waals surface area contributed by atoms with Gasteiger partial charge in [-0.25, -0.2) is 0 Å². The predicted molar refractivity (Wildman–Crippen MR) is 123 cm³/mol. The topological polar surface area (TPSA) is 75.2 Å². The van der Waals surface area contributed by atoms with Crippen molar-refractivity contribution in [2.75, 3.05) is 47.0 Å². The first-order valence-corrected chi connectivity index (χ1v) is 10.6. The van der Waals surface area contributed by atoms with Crippen LogP contribution >= 0.6 is 24.0 Å². The Kier molecular flexibility index (Phi) is 13.9. The number of rotatable bonds is 9. The minimum absolute atomic E-state index is 0. The van der Waals surface area contributed by atoms with Gasteiger partial charge in [-0.15, -0.1) is 24.0 Å². The zero-order chi connectivity index (χ0) is 19.3. The van der Waals surface area contributed by atoms with Gasteiger partial charge in [0, 0.05) is 59.5 Å². The number of amides is 1. The fourth-order valence-corrected chi connectivity index (χ4v) is 3.85. The van der Waals surface area contributed by atoms with Gasteiger partial charge in [-0.2, -0.15) is 0 Å². The molecule has 0 radical (unpaired) electrons. The number of aliphatic imine (C=N–C) groups is 1. The lowest BCUT2D eigenvalue weighted by Gasteiger charge is -2.34. The number of piperidine rings is 1. The van der Waals surface area contributed by atoms with Gasteiger partial charge in [0.05, 0.1) is 6.10 Å². The summed E-state index contributed by atoms with van der Waals surface area (Å²) >= 11 is 0. The van der Waals surface area contributed by atoms with Crippen LogP contribution in [0.4, 0.5) is 0 Å². The third-order valence-corrected chi connectivity index (χ3v) is 5.41. The monoisotopic (exact) mass is 510 g/mol. The van der Waals surface area contributed by atoms with Gasteiger partial charge in [-0.3, -0.25) is 9.79 Å². The molecule has 2 fully saturated rings. The van der Waals surface area contributed by atoms with E-state index in [1.54, 1.807) is 14.2 Å². The van der Waals surface area contributed by atoms with Gasteiger partial charge in [0.15, 0.2) is 5.96 Å². The third kappa shape index (κ3) is 9.73. The van der Waals surface area contributed by atoms with E-state index in [9.17, 15) is 4.79 Å². The van der Waals surface area contributed by atoms with Crippen LogP contribution in [0.15, 0.2) is 4.99 Å². The fraction of sp³-hybridized carbons (Fsp3) is 0.900. The van der Waals surface area contributed by atoms with Crippen LogP contribution in [0.25, 0.3) is 0 Å². The van der Waals surface area contributed by atoms with Crippen molar-refractivity contribution in [1.29, 1.82) is 0 Å². The smallest absolute Gasteiger partial charge is 0.221 e. The minimum atomic E-state index is 0. The third-order valence-electron chi connectivity index (χ3n) is 5.41. The zero-order valence-electron chi connectivity index (χ0n) is 17.6. The number of guanidine groups is 1. The summed E-state index contributed by atoms with van der Waals surface area (Å²) in [6, 6.07) is 0.383. The Bertz CT molecular complexity index is 451. The highest BCUT2D eigenvalue weighted by atomic mass is 127. The Balaban J connectivity index is 0.00000392. The van der Waals surface area contributed by atoms with Crippen molar-refractivity contribution in [2.45, 2.75) is 69.9 Å². The van der Waals surface area contributed by atoms with Crippen molar-refractivity contribution in [3.63, 3.8) is 0 Å². The molecule has 2 aliphatic rings. The molecular weight excluding hydrogens is 471 g/mol. The highest BCUT2D eigenvalue weighted by Crippen LogP contribution is 2.17. The van der Waals surface area contributed by atoms with E-state index < -0.39 is 0 Å². The molecule has 1 aliphatic heterocycles. The second kappa shape index (κ2) is 15.3. The standard InChI is InChI=1S/C20H38N4O3.HI/c1-21-20(22-12-9-19(25)23-17-7-4-3-5-8-17)24-13-10-18(11-14-24)27-16-6-15-26-2;/h17-18H,3-16H2,1-2H3,(H,21,22)(H,23,25);1H. The molecular formula is C20H39IN4O3. The van der Waals surface area contributed by atoms with E-state index in [0.29, 0.717) is 25.1 Å². The Labute approximate surface area is 187 Å². The zero-order valence-corrected chi connectivity index (χ0v) is 19.9. The summed E-state index contributed by atoms with van der Waals surface area (Å²) in [6.45, 7) is 4.01. The summed E-state index contributed by atoms with van der Waals surface area (Å²) < 4.78 is 11.0. The predicted octanol–water partition coefficient (Wildman–Crippen LogP) is 2.54. The Morgan fingerprint density at radius 1 is 1.11 bits per heavy atom. The van der Waals surface area contributed by atoms with E-state index in [0.717, 1.165) is 64.4 Å². The van der Waals surface area contributed by atoms with Crippen LogP contribution in [-0.2, 0) is 14.3 Å². The van der Waals surface area contributed by atoms with Crippen LogP contribution in [0.3, 0.4) is 0 Å². The van der Waals surface area contributed by atoms with Gasteiger partial charge in [-0.05, 0) is 32.1 Å². The summed E-state index contributed by atoms with van der Waals surface area (Å²) in [7, 11) is 3.52. The van der Waals surface area contributed by atoms with Crippen molar-refractivity contribution >= 4 is 35.8 Å². The number of nitrogens with zero attached hydrogens (tertiary/aromatic N) is 2. The number of carbonyl (C=O) groups is 1. The van der Waals surface area contributed by atoms with Crippen molar-refractivity contribution in [1.82, 2.24) is 15.5 Å². The molecule has 0 aromatic rings. The van der Waals surface area contributed by atoms with Crippen molar-refractivity contribution < 1.29 is 14.3 Å². The molecule has 2 rings (SSSR count). The lowest BCUT2D eigenvalue weighted by molar-refractivity contribution is -0.121.